The smallest absolute Gasteiger partial charge is 0.274 e. The number of rotatable bonds is 7. The van der Waals surface area contributed by atoms with Crippen LogP contribution in [0.5, 0.6) is 5.75 Å². The van der Waals surface area contributed by atoms with Crippen LogP contribution in [0, 0.1) is 6.92 Å². The van der Waals surface area contributed by atoms with Gasteiger partial charge in [-0.2, -0.15) is 9.50 Å². The molecule has 3 aromatic rings. The van der Waals surface area contributed by atoms with Gasteiger partial charge in [-0.25, -0.2) is 4.98 Å². The summed E-state index contributed by atoms with van der Waals surface area (Å²) in [5.74, 6) is 1.72. The van der Waals surface area contributed by atoms with E-state index in [0.29, 0.717) is 28.9 Å². The molecule has 162 valence electrons. The molecule has 1 N–H and O–H groups in total. The molecular weight excluding hydrogens is 416 g/mol. The third-order valence-corrected chi connectivity index (χ3v) is 5.41. The average Bonchev–Trinajstić information content (AvgIpc) is 3.17. The zero-order valence-corrected chi connectivity index (χ0v) is 18.6. The molecule has 0 unspecified atom stereocenters. The van der Waals surface area contributed by atoms with E-state index in [4.69, 9.17) is 21.1 Å². The van der Waals surface area contributed by atoms with Gasteiger partial charge in [0.2, 0.25) is 0 Å². The van der Waals surface area contributed by atoms with Crippen molar-refractivity contribution in [3.8, 4) is 5.75 Å². The van der Waals surface area contributed by atoms with Crippen molar-refractivity contribution in [3.63, 3.8) is 0 Å². The SMILES string of the molecule is Cc1c(Cl)cccc1OC(C)(C)COCc1cc(=O)n2[nH]c(C3=CC=CCC3)nc2n1. The molecule has 0 amide bonds. The van der Waals surface area contributed by atoms with Crippen molar-refractivity contribution in [3.05, 3.63) is 75.0 Å². The zero-order chi connectivity index (χ0) is 22.0. The Morgan fingerprint density at radius 1 is 1.29 bits per heavy atom. The largest absolute Gasteiger partial charge is 0.485 e. The molecule has 31 heavy (non-hydrogen) atoms. The maximum absolute atomic E-state index is 12.5. The molecule has 0 atom stereocenters. The number of benzene rings is 1. The molecule has 0 radical (unpaired) electrons. The molecular formula is C23H25ClN4O3. The maximum atomic E-state index is 12.5. The van der Waals surface area contributed by atoms with E-state index in [1.165, 1.54) is 10.6 Å². The van der Waals surface area contributed by atoms with Crippen molar-refractivity contribution in [2.75, 3.05) is 6.61 Å². The fourth-order valence-corrected chi connectivity index (χ4v) is 3.54. The van der Waals surface area contributed by atoms with Gasteiger partial charge in [-0.15, -0.1) is 0 Å². The van der Waals surface area contributed by atoms with Crippen LogP contribution in [0.25, 0.3) is 11.4 Å². The van der Waals surface area contributed by atoms with Crippen LogP contribution >= 0.6 is 11.6 Å². The second-order valence-corrected chi connectivity index (χ2v) is 8.58. The first-order valence-corrected chi connectivity index (χ1v) is 10.6. The summed E-state index contributed by atoms with van der Waals surface area (Å²) in [5, 5.41) is 3.69. The van der Waals surface area contributed by atoms with Crippen LogP contribution in [0.4, 0.5) is 0 Å². The highest BCUT2D eigenvalue weighted by atomic mass is 35.5. The van der Waals surface area contributed by atoms with Crippen LogP contribution in [0.1, 0.15) is 43.8 Å². The normalized spacial score (nSPS) is 14.1. The van der Waals surface area contributed by atoms with Crippen molar-refractivity contribution in [2.24, 2.45) is 0 Å². The molecule has 0 aliphatic heterocycles. The number of halogens is 1. The van der Waals surface area contributed by atoms with E-state index in [2.05, 4.69) is 21.1 Å². The minimum atomic E-state index is -0.588. The first-order valence-electron chi connectivity index (χ1n) is 10.2. The van der Waals surface area contributed by atoms with E-state index >= 15 is 0 Å². The monoisotopic (exact) mass is 440 g/mol. The lowest BCUT2D eigenvalue weighted by Crippen LogP contribution is -2.34. The molecule has 0 spiro atoms. The number of hydrogen-bond donors (Lipinski definition) is 1. The fraction of sp³-hybridized carbons (Fsp3) is 0.348. The Morgan fingerprint density at radius 3 is 2.90 bits per heavy atom. The molecule has 1 aliphatic rings. The minimum Gasteiger partial charge on any atom is -0.485 e. The number of H-pyrrole nitrogens is 1. The van der Waals surface area contributed by atoms with E-state index in [1.54, 1.807) is 0 Å². The van der Waals surface area contributed by atoms with Crippen molar-refractivity contribution in [1.29, 1.82) is 0 Å². The van der Waals surface area contributed by atoms with Gasteiger partial charge in [0.15, 0.2) is 5.82 Å². The summed E-state index contributed by atoms with van der Waals surface area (Å²) < 4.78 is 13.3. The Morgan fingerprint density at radius 2 is 2.13 bits per heavy atom. The van der Waals surface area contributed by atoms with Gasteiger partial charge >= 0.3 is 0 Å². The predicted molar refractivity (Wildman–Crippen MR) is 121 cm³/mol. The van der Waals surface area contributed by atoms with E-state index in [0.717, 1.165) is 29.7 Å². The topological polar surface area (TPSA) is 81.5 Å². The number of aromatic nitrogens is 4. The first kappa shape index (κ1) is 21.3. The average molecular weight is 441 g/mol. The summed E-state index contributed by atoms with van der Waals surface area (Å²) in [6.07, 6.45) is 7.93. The molecule has 1 aliphatic carbocycles. The van der Waals surface area contributed by atoms with Gasteiger partial charge in [0.05, 0.1) is 18.9 Å². The maximum Gasteiger partial charge on any atom is 0.274 e. The molecule has 1 aromatic carbocycles. The number of aromatic amines is 1. The molecule has 4 rings (SSSR count). The van der Waals surface area contributed by atoms with Crippen LogP contribution in [0.2, 0.25) is 5.02 Å². The minimum absolute atomic E-state index is 0.181. The third kappa shape index (κ3) is 4.89. The Labute approximate surface area is 185 Å². The summed E-state index contributed by atoms with van der Waals surface area (Å²) >= 11 is 6.17. The lowest BCUT2D eigenvalue weighted by atomic mass is 10.1. The molecule has 2 aromatic heterocycles. The third-order valence-electron chi connectivity index (χ3n) is 5.01. The van der Waals surface area contributed by atoms with Crippen LogP contribution in [0.15, 0.2) is 47.3 Å². The van der Waals surface area contributed by atoms with Crippen molar-refractivity contribution < 1.29 is 9.47 Å². The summed E-state index contributed by atoms with van der Waals surface area (Å²) in [7, 11) is 0. The molecule has 2 heterocycles. The zero-order valence-electron chi connectivity index (χ0n) is 17.8. The number of hydrogen-bond acceptors (Lipinski definition) is 5. The summed E-state index contributed by atoms with van der Waals surface area (Å²) in [4.78, 5) is 21.5. The Bertz CT molecular complexity index is 1220. The van der Waals surface area contributed by atoms with Gasteiger partial charge in [0.1, 0.15) is 11.4 Å². The number of nitrogens with zero attached hydrogens (tertiary/aromatic N) is 3. The Kier molecular flexibility index (Phi) is 5.98. The highest BCUT2D eigenvalue weighted by Crippen LogP contribution is 2.28. The fourth-order valence-electron chi connectivity index (χ4n) is 3.37. The lowest BCUT2D eigenvalue weighted by molar-refractivity contribution is -0.0113. The quantitative estimate of drug-likeness (QED) is 0.585. The van der Waals surface area contributed by atoms with E-state index in [1.807, 2.05) is 51.1 Å². The van der Waals surface area contributed by atoms with Crippen molar-refractivity contribution >= 4 is 23.0 Å². The molecule has 0 fully saturated rings. The van der Waals surface area contributed by atoms with Gasteiger partial charge in [-0.1, -0.05) is 35.9 Å². The predicted octanol–water partition coefficient (Wildman–Crippen LogP) is 4.49. The number of nitrogens with one attached hydrogen (secondary N) is 1. The van der Waals surface area contributed by atoms with Crippen molar-refractivity contribution in [1.82, 2.24) is 19.6 Å². The molecule has 0 saturated heterocycles. The highest BCUT2D eigenvalue weighted by Gasteiger charge is 2.22. The standard InChI is InChI=1S/C23H25ClN4O3/c1-15-18(24)10-7-11-19(15)31-23(2,3)14-30-13-17-12-20(29)28-22(25-17)26-21(27-28)16-8-5-4-6-9-16/h4-5,7-8,10-12H,6,9,13-14H2,1-3H3,(H,25,26,27). The Hall–Kier alpha value is -2.90. The first-order chi connectivity index (χ1) is 14.8. The Balaban J connectivity index is 1.44. The van der Waals surface area contributed by atoms with E-state index in [-0.39, 0.29) is 12.2 Å². The van der Waals surface area contributed by atoms with Gasteiger partial charge in [-0.05, 0) is 51.3 Å². The number of ether oxygens (including phenoxy) is 2. The van der Waals surface area contributed by atoms with Crippen LogP contribution in [-0.4, -0.2) is 31.8 Å². The van der Waals surface area contributed by atoms with Crippen LogP contribution in [-0.2, 0) is 11.3 Å². The summed E-state index contributed by atoms with van der Waals surface area (Å²) in [5.41, 5.74) is 1.65. The van der Waals surface area contributed by atoms with Gasteiger partial charge in [0.25, 0.3) is 11.3 Å². The second-order valence-electron chi connectivity index (χ2n) is 8.17. The molecule has 0 saturated carbocycles. The number of allylic oxidation sites excluding steroid dienone is 4. The van der Waals surface area contributed by atoms with E-state index < -0.39 is 5.60 Å². The highest BCUT2D eigenvalue weighted by molar-refractivity contribution is 6.31. The number of fused-ring (bicyclic) bond motifs is 1. The summed E-state index contributed by atoms with van der Waals surface area (Å²) in [6, 6.07) is 7.02. The van der Waals surface area contributed by atoms with Gasteiger partial charge in [0, 0.05) is 16.7 Å². The summed E-state index contributed by atoms with van der Waals surface area (Å²) in [6.45, 7) is 6.28. The van der Waals surface area contributed by atoms with Gasteiger partial charge < -0.3 is 9.47 Å². The molecule has 7 nitrogen and oxygen atoms in total. The molecule has 0 bridgehead atoms. The van der Waals surface area contributed by atoms with Crippen LogP contribution in [0.3, 0.4) is 0 Å². The van der Waals surface area contributed by atoms with E-state index in [9.17, 15) is 4.79 Å². The van der Waals surface area contributed by atoms with Crippen LogP contribution < -0.4 is 10.3 Å². The lowest BCUT2D eigenvalue weighted by Gasteiger charge is -2.27. The van der Waals surface area contributed by atoms with Crippen molar-refractivity contribution in [2.45, 2.75) is 45.8 Å². The second kappa shape index (κ2) is 8.69. The molecule has 8 heteroatoms. The van der Waals surface area contributed by atoms with Gasteiger partial charge in [-0.3, -0.25) is 9.89 Å².